The molecule has 2 rings (SSSR count). The molecule has 1 saturated heterocycles. The van der Waals surface area contributed by atoms with Gasteiger partial charge in [-0.15, -0.1) is 11.8 Å². The van der Waals surface area contributed by atoms with Gasteiger partial charge < -0.3 is 4.90 Å². The van der Waals surface area contributed by atoms with E-state index in [0.29, 0.717) is 11.8 Å². The van der Waals surface area contributed by atoms with Gasteiger partial charge in [0.15, 0.2) is 17.5 Å². The first-order chi connectivity index (χ1) is 9.59. The average molecular weight is 307 g/mol. The lowest BCUT2D eigenvalue weighted by Crippen LogP contribution is -2.30. The minimum Gasteiger partial charge on any atom is -0.303 e. The average Bonchev–Trinajstić information content (AvgIpc) is 2.45. The topological polar surface area (TPSA) is 3.24 Å². The number of nitrogens with zero attached hydrogens (tertiary/aromatic N) is 1. The fourth-order valence-electron chi connectivity index (χ4n) is 2.33. The van der Waals surface area contributed by atoms with Crippen LogP contribution in [-0.4, -0.2) is 30.3 Å². The number of benzene rings is 1. The third kappa shape index (κ3) is 3.88. The molecule has 0 aromatic heterocycles. The molecule has 1 nitrogen and oxygen atoms in total. The normalized spacial score (nSPS) is 16.6. The molecular formula is C14H17F4NS. The van der Waals surface area contributed by atoms with Crippen molar-refractivity contribution in [2.24, 2.45) is 0 Å². The Kier molecular flexibility index (Phi) is 5.72. The molecule has 0 spiro atoms. The Bertz CT molecular complexity index is 461. The summed E-state index contributed by atoms with van der Waals surface area (Å²) in [5, 5.41) is 0. The summed E-state index contributed by atoms with van der Waals surface area (Å²) in [4.78, 5) is 1.89. The number of hydrogen-bond acceptors (Lipinski definition) is 2. The van der Waals surface area contributed by atoms with Gasteiger partial charge in [0.25, 0.3) is 0 Å². The van der Waals surface area contributed by atoms with Gasteiger partial charge in [0.05, 0.1) is 4.90 Å². The Morgan fingerprint density at radius 1 is 0.950 bits per heavy atom. The quantitative estimate of drug-likeness (QED) is 0.263. The summed E-state index contributed by atoms with van der Waals surface area (Å²) >= 11 is 0.902. The van der Waals surface area contributed by atoms with Gasteiger partial charge in [-0.3, -0.25) is 0 Å². The predicted molar refractivity (Wildman–Crippen MR) is 71.9 cm³/mol. The van der Waals surface area contributed by atoms with E-state index in [9.17, 15) is 17.6 Å². The summed E-state index contributed by atoms with van der Waals surface area (Å²) in [7, 11) is 0. The van der Waals surface area contributed by atoms with Gasteiger partial charge in [-0.25, -0.2) is 17.6 Å². The van der Waals surface area contributed by atoms with Crippen molar-refractivity contribution >= 4 is 11.8 Å². The molecule has 20 heavy (non-hydrogen) atoms. The van der Waals surface area contributed by atoms with E-state index < -0.39 is 28.2 Å². The number of halogens is 4. The molecule has 0 aliphatic carbocycles. The lowest BCUT2D eigenvalue weighted by Gasteiger charge is -2.26. The van der Waals surface area contributed by atoms with Gasteiger partial charge >= 0.3 is 0 Å². The zero-order valence-corrected chi connectivity index (χ0v) is 11.9. The van der Waals surface area contributed by atoms with E-state index in [-0.39, 0.29) is 0 Å². The van der Waals surface area contributed by atoms with Crippen molar-refractivity contribution in [2.45, 2.75) is 30.6 Å². The van der Waals surface area contributed by atoms with Crippen LogP contribution < -0.4 is 0 Å². The first-order valence-electron chi connectivity index (χ1n) is 6.77. The SMILES string of the molecule is Fc1cc(F)c(SCCCN2CCCCC2)c(F)c1F. The summed E-state index contributed by atoms with van der Waals surface area (Å²) in [5.74, 6) is -5.08. The van der Waals surface area contributed by atoms with E-state index in [1.807, 2.05) is 0 Å². The van der Waals surface area contributed by atoms with E-state index in [2.05, 4.69) is 4.90 Å². The molecule has 6 heteroatoms. The summed E-state index contributed by atoms with van der Waals surface area (Å²) in [6.45, 7) is 3.01. The summed E-state index contributed by atoms with van der Waals surface area (Å²) in [6.07, 6.45) is 4.41. The van der Waals surface area contributed by atoms with Crippen LogP contribution in [0.2, 0.25) is 0 Å². The highest BCUT2D eigenvalue weighted by atomic mass is 32.2. The first kappa shape index (κ1) is 15.6. The Balaban J connectivity index is 1.83. The highest BCUT2D eigenvalue weighted by Crippen LogP contribution is 2.28. The van der Waals surface area contributed by atoms with Crippen LogP contribution in [0.5, 0.6) is 0 Å². The van der Waals surface area contributed by atoms with Gasteiger partial charge in [-0.1, -0.05) is 6.42 Å². The van der Waals surface area contributed by atoms with Gasteiger partial charge in [0.2, 0.25) is 0 Å². The summed E-state index contributed by atoms with van der Waals surface area (Å²) < 4.78 is 52.6. The molecule has 0 N–H and O–H groups in total. The zero-order valence-electron chi connectivity index (χ0n) is 11.1. The molecule has 1 aromatic carbocycles. The molecule has 1 aromatic rings. The van der Waals surface area contributed by atoms with Crippen LogP contribution in [0.3, 0.4) is 0 Å². The lowest BCUT2D eigenvalue weighted by atomic mass is 10.1. The number of thioether (sulfide) groups is 1. The van der Waals surface area contributed by atoms with Crippen LogP contribution in [0.25, 0.3) is 0 Å². The smallest absolute Gasteiger partial charge is 0.195 e. The van der Waals surface area contributed by atoms with Crippen LogP contribution in [0.1, 0.15) is 25.7 Å². The van der Waals surface area contributed by atoms with Gasteiger partial charge in [0, 0.05) is 6.07 Å². The maximum absolute atomic E-state index is 13.4. The second-order valence-electron chi connectivity index (χ2n) is 4.90. The van der Waals surface area contributed by atoms with Crippen molar-refractivity contribution in [3.8, 4) is 0 Å². The van der Waals surface area contributed by atoms with Crippen LogP contribution in [0.15, 0.2) is 11.0 Å². The van der Waals surface area contributed by atoms with Crippen LogP contribution >= 0.6 is 11.8 Å². The van der Waals surface area contributed by atoms with Gasteiger partial charge in [-0.2, -0.15) is 0 Å². The molecule has 1 aliphatic heterocycles. The van der Waals surface area contributed by atoms with Crippen LogP contribution in [0, 0.1) is 23.3 Å². The van der Waals surface area contributed by atoms with Crippen molar-refractivity contribution in [3.05, 3.63) is 29.3 Å². The van der Waals surface area contributed by atoms with E-state index in [1.54, 1.807) is 0 Å². The molecule has 0 bridgehead atoms. The number of rotatable bonds is 5. The summed E-state index contributed by atoms with van der Waals surface area (Å²) in [5.41, 5.74) is 0. The number of piperidine rings is 1. The minimum absolute atomic E-state index is 0.394. The molecule has 0 saturated carbocycles. The van der Waals surface area contributed by atoms with Crippen molar-refractivity contribution in [1.82, 2.24) is 4.90 Å². The summed E-state index contributed by atoms with van der Waals surface area (Å²) in [6, 6.07) is 0.394. The number of likely N-dealkylation sites (tertiary alicyclic amines) is 1. The maximum Gasteiger partial charge on any atom is 0.195 e. The maximum atomic E-state index is 13.4. The third-order valence-electron chi connectivity index (χ3n) is 3.39. The molecule has 112 valence electrons. The van der Waals surface area contributed by atoms with E-state index >= 15 is 0 Å². The lowest BCUT2D eigenvalue weighted by molar-refractivity contribution is 0.230. The fraction of sp³-hybridized carbons (Fsp3) is 0.571. The first-order valence-corrected chi connectivity index (χ1v) is 7.76. The van der Waals surface area contributed by atoms with E-state index in [0.717, 1.165) is 37.8 Å². The van der Waals surface area contributed by atoms with Crippen LogP contribution in [0.4, 0.5) is 17.6 Å². The van der Waals surface area contributed by atoms with E-state index in [4.69, 9.17) is 0 Å². The Morgan fingerprint density at radius 3 is 2.35 bits per heavy atom. The predicted octanol–water partition coefficient (Wildman–Crippen LogP) is 4.21. The number of hydrogen-bond donors (Lipinski definition) is 0. The second-order valence-corrected chi connectivity index (χ2v) is 6.01. The van der Waals surface area contributed by atoms with E-state index in [1.165, 1.54) is 19.3 Å². The van der Waals surface area contributed by atoms with Crippen molar-refractivity contribution in [1.29, 1.82) is 0 Å². The molecule has 1 aliphatic rings. The van der Waals surface area contributed by atoms with Crippen LogP contribution in [-0.2, 0) is 0 Å². The molecule has 0 atom stereocenters. The standard InChI is InChI=1S/C14H17F4NS/c15-10-9-11(16)14(13(18)12(10)17)20-8-4-7-19-5-2-1-3-6-19/h9H,1-8H2. The molecular weight excluding hydrogens is 290 g/mol. The third-order valence-corrected chi connectivity index (χ3v) is 4.54. The minimum atomic E-state index is -1.61. The molecule has 1 heterocycles. The monoisotopic (exact) mass is 307 g/mol. The molecule has 0 radical (unpaired) electrons. The Hall–Kier alpha value is -0.750. The van der Waals surface area contributed by atoms with Crippen molar-refractivity contribution in [3.63, 3.8) is 0 Å². The second kappa shape index (κ2) is 7.31. The van der Waals surface area contributed by atoms with Crippen molar-refractivity contribution < 1.29 is 17.6 Å². The largest absolute Gasteiger partial charge is 0.303 e. The fourth-order valence-corrected chi connectivity index (χ4v) is 3.22. The Morgan fingerprint density at radius 2 is 1.65 bits per heavy atom. The molecule has 1 fully saturated rings. The highest BCUT2D eigenvalue weighted by Gasteiger charge is 2.19. The van der Waals surface area contributed by atoms with Gasteiger partial charge in [0.1, 0.15) is 5.82 Å². The molecule has 0 unspecified atom stereocenters. The Labute approximate surface area is 120 Å². The zero-order chi connectivity index (χ0) is 14.5. The van der Waals surface area contributed by atoms with Crippen molar-refractivity contribution in [2.75, 3.05) is 25.4 Å². The molecule has 0 amide bonds. The van der Waals surface area contributed by atoms with Gasteiger partial charge in [-0.05, 0) is 44.6 Å². The highest BCUT2D eigenvalue weighted by molar-refractivity contribution is 7.99.